The second-order valence-corrected chi connectivity index (χ2v) is 4.84. The molecule has 0 aliphatic carbocycles. The van der Waals surface area contributed by atoms with Gasteiger partial charge in [0.25, 0.3) is 0 Å². The summed E-state index contributed by atoms with van der Waals surface area (Å²) in [4.78, 5) is 4.16. The summed E-state index contributed by atoms with van der Waals surface area (Å²) in [5, 5.41) is 11.5. The van der Waals surface area contributed by atoms with Crippen molar-refractivity contribution in [2.45, 2.75) is 45.0 Å². The van der Waals surface area contributed by atoms with Crippen LogP contribution in [0.25, 0.3) is 0 Å². The summed E-state index contributed by atoms with van der Waals surface area (Å²) in [5.74, 6) is 0.577. The van der Waals surface area contributed by atoms with Crippen molar-refractivity contribution in [3.05, 3.63) is 23.9 Å². The highest BCUT2D eigenvalue weighted by Crippen LogP contribution is 2.23. The van der Waals surface area contributed by atoms with Crippen LogP contribution in [0.15, 0.2) is 23.5 Å². The Morgan fingerprint density at radius 2 is 2.11 bits per heavy atom. The topological polar surface area (TPSA) is 90.0 Å². The second kappa shape index (κ2) is 5.88. The van der Waals surface area contributed by atoms with Crippen LogP contribution in [0, 0.1) is 0 Å². The first-order chi connectivity index (χ1) is 9.08. The number of pyridine rings is 1. The van der Waals surface area contributed by atoms with E-state index in [2.05, 4.69) is 10.1 Å². The summed E-state index contributed by atoms with van der Waals surface area (Å²) in [6, 6.07) is 3.43. The summed E-state index contributed by atoms with van der Waals surface area (Å²) in [6.45, 7) is 4.09. The highest BCUT2D eigenvalue weighted by atomic mass is 16.5. The molecule has 0 bridgehead atoms. The van der Waals surface area contributed by atoms with Gasteiger partial charge in [-0.3, -0.25) is 0 Å². The number of ether oxygens (including phenoxy) is 2. The first-order valence-electron chi connectivity index (χ1n) is 6.34. The Morgan fingerprint density at radius 3 is 2.63 bits per heavy atom. The Kier molecular flexibility index (Phi) is 4.21. The molecule has 2 heterocycles. The molecule has 0 radical (unpaired) electrons. The Labute approximate surface area is 112 Å². The van der Waals surface area contributed by atoms with E-state index in [1.54, 1.807) is 12.1 Å². The van der Waals surface area contributed by atoms with E-state index >= 15 is 0 Å². The number of rotatable bonds is 3. The van der Waals surface area contributed by atoms with Gasteiger partial charge in [-0.1, -0.05) is 5.16 Å². The lowest BCUT2D eigenvalue weighted by molar-refractivity contribution is -0.0729. The van der Waals surface area contributed by atoms with E-state index in [1.165, 1.54) is 6.20 Å². The maximum Gasteiger partial charge on any atom is 0.213 e. The molecule has 2 atom stereocenters. The van der Waals surface area contributed by atoms with Crippen LogP contribution in [0.1, 0.15) is 32.3 Å². The monoisotopic (exact) mass is 265 g/mol. The standard InChI is InChI=1S/C13H19N3O3/c1-8-5-11(6-9(2)18-8)19-12-4-3-10(7-15-12)13(14)16-17/h3-4,7-9,11,17H,5-6H2,1-2H3,(H2,14,16). The average Bonchev–Trinajstić information content (AvgIpc) is 2.37. The van der Waals surface area contributed by atoms with Crippen molar-refractivity contribution in [2.75, 3.05) is 0 Å². The minimum atomic E-state index is 0.0346. The fourth-order valence-corrected chi connectivity index (χ4v) is 2.27. The summed E-state index contributed by atoms with van der Waals surface area (Å²) in [7, 11) is 0. The van der Waals surface area contributed by atoms with Crippen molar-refractivity contribution >= 4 is 5.84 Å². The minimum Gasteiger partial charge on any atom is -0.474 e. The molecule has 0 saturated carbocycles. The number of aromatic nitrogens is 1. The zero-order chi connectivity index (χ0) is 13.8. The van der Waals surface area contributed by atoms with E-state index in [0.717, 1.165) is 12.8 Å². The maximum absolute atomic E-state index is 8.57. The molecular formula is C13H19N3O3. The molecule has 1 fully saturated rings. The zero-order valence-electron chi connectivity index (χ0n) is 11.1. The molecule has 1 aliphatic rings. The van der Waals surface area contributed by atoms with Crippen molar-refractivity contribution in [2.24, 2.45) is 10.9 Å². The molecule has 1 saturated heterocycles. The quantitative estimate of drug-likeness (QED) is 0.374. The van der Waals surface area contributed by atoms with Crippen LogP contribution in [0.5, 0.6) is 5.88 Å². The molecule has 19 heavy (non-hydrogen) atoms. The van der Waals surface area contributed by atoms with Gasteiger partial charge in [0, 0.05) is 30.7 Å². The Morgan fingerprint density at radius 1 is 1.42 bits per heavy atom. The maximum atomic E-state index is 8.57. The number of amidine groups is 1. The van der Waals surface area contributed by atoms with E-state index in [4.69, 9.17) is 20.4 Å². The van der Waals surface area contributed by atoms with E-state index in [-0.39, 0.29) is 24.1 Å². The van der Waals surface area contributed by atoms with Gasteiger partial charge in [-0.05, 0) is 19.9 Å². The molecule has 0 aromatic carbocycles. The molecule has 1 aromatic heterocycles. The third-order valence-electron chi connectivity index (χ3n) is 3.08. The van der Waals surface area contributed by atoms with E-state index in [9.17, 15) is 0 Å². The Hall–Kier alpha value is -1.82. The summed E-state index contributed by atoms with van der Waals surface area (Å²) < 4.78 is 11.5. The normalized spacial score (nSPS) is 28.1. The highest BCUT2D eigenvalue weighted by molar-refractivity contribution is 5.96. The first-order valence-corrected chi connectivity index (χ1v) is 6.34. The zero-order valence-corrected chi connectivity index (χ0v) is 11.1. The lowest BCUT2D eigenvalue weighted by Crippen LogP contribution is -2.35. The fourth-order valence-electron chi connectivity index (χ4n) is 2.27. The highest BCUT2D eigenvalue weighted by Gasteiger charge is 2.26. The van der Waals surface area contributed by atoms with Gasteiger partial charge in [0.05, 0.1) is 12.2 Å². The number of hydrogen-bond donors (Lipinski definition) is 2. The number of nitrogens with zero attached hydrogens (tertiary/aromatic N) is 2. The molecule has 1 aromatic rings. The number of hydrogen-bond acceptors (Lipinski definition) is 5. The van der Waals surface area contributed by atoms with Crippen molar-refractivity contribution in [3.8, 4) is 5.88 Å². The predicted molar refractivity (Wildman–Crippen MR) is 70.4 cm³/mol. The third-order valence-corrected chi connectivity index (χ3v) is 3.08. The molecule has 104 valence electrons. The van der Waals surface area contributed by atoms with Crippen LogP contribution in [0.3, 0.4) is 0 Å². The van der Waals surface area contributed by atoms with Crippen molar-refractivity contribution in [1.29, 1.82) is 0 Å². The van der Waals surface area contributed by atoms with Crippen LogP contribution in [0.4, 0.5) is 0 Å². The predicted octanol–water partition coefficient (Wildman–Crippen LogP) is 1.51. The van der Waals surface area contributed by atoms with Gasteiger partial charge in [0.15, 0.2) is 5.84 Å². The average molecular weight is 265 g/mol. The van der Waals surface area contributed by atoms with E-state index < -0.39 is 0 Å². The SMILES string of the molecule is CC1CC(Oc2ccc(/C(N)=N/O)cn2)CC(C)O1. The summed E-state index contributed by atoms with van der Waals surface area (Å²) >= 11 is 0. The van der Waals surface area contributed by atoms with E-state index in [0.29, 0.717) is 11.4 Å². The summed E-state index contributed by atoms with van der Waals surface area (Å²) in [6.07, 6.45) is 3.75. The Balaban J connectivity index is 1.99. The van der Waals surface area contributed by atoms with Gasteiger partial charge in [-0.15, -0.1) is 0 Å². The van der Waals surface area contributed by atoms with E-state index in [1.807, 2.05) is 13.8 Å². The van der Waals surface area contributed by atoms with Crippen LogP contribution in [-0.2, 0) is 4.74 Å². The molecule has 6 nitrogen and oxygen atoms in total. The van der Waals surface area contributed by atoms with Gasteiger partial charge in [0.2, 0.25) is 5.88 Å². The van der Waals surface area contributed by atoms with Gasteiger partial charge >= 0.3 is 0 Å². The smallest absolute Gasteiger partial charge is 0.213 e. The molecule has 2 rings (SSSR count). The molecule has 6 heteroatoms. The minimum absolute atomic E-state index is 0.0346. The molecule has 0 spiro atoms. The fraction of sp³-hybridized carbons (Fsp3) is 0.538. The molecule has 3 N–H and O–H groups in total. The molecular weight excluding hydrogens is 246 g/mol. The molecule has 0 amide bonds. The van der Waals surface area contributed by atoms with Gasteiger partial charge in [0.1, 0.15) is 6.10 Å². The lowest BCUT2D eigenvalue weighted by Gasteiger charge is -2.31. The summed E-state index contributed by atoms with van der Waals surface area (Å²) in [5.41, 5.74) is 6.03. The Bertz CT molecular complexity index is 437. The van der Waals surface area contributed by atoms with Gasteiger partial charge in [-0.2, -0.15) is 0 Å². The number of oxime groups is 1. The molecule has 1 aliphatic heterocycles. The second-order valence-electron chi connectivity index (χ2n) is 4.84. The van der Waals surface area contributed by atoms with Crippen molar-refractivity contribution in [3.63, 3.8) is 0 Å². The van der Waals surface area contributed by atoms with Gasteiger partial charge in [-0.25, -0.2) is 4.98 Å². The van der Waals surface area contributed by atoms with Crippen LogP contribution < -0.4 is 10.5 Å². The van der Waals surface area contributed by atoms with Crippen molar-refractivity contribution in [1.82, 2.24) is 4.98 Å². The number of nitrogens with two attached hydrogens (primary N) is 1. The molecule has 2 unspecified atom stereocenters. The van der Waals surface area contributed by atoms with Gasteiger partial charge < -0.3 is 20.4 Å². The first kappa shape index (κ1) is 13.6. The lowest BCUT2D eigenvalue weighted by atomic mass is 10.0. The van der Waals surface area contributed by atoms with Crippen LogP contribution in [-0.4, -0.2) is 34.3 Å². The third kappa shape index (κ3) is 3.57. The van der Waals surface area contributed by atoms with Crippen LogP contribution in [0.2, 0.25) is 0 Å². The van der Waals surface area contributed by atoms with Crippen molar-refractivity contribution < 1.29 is 14.7 Å². The van der Waals surface area contributed by atoms with Crippen LogP contribution >= 0.6 is 0 Å². The largest absolute Gasteiger partial charge is 0.474 e.